The number of rotatable bonds is 3. The monoisotopic (exact) mass is 292 g/mol. The van der Waals surface area contributed by atoms with Crippen LogP contribution in [0.4, 0.5) is 5.69 Å². The average molecular weight is 292 g/mol. The maximum Gasteiger partial charge on any atom is 0.259 e. The first-order valence-electron chi connectivity index (χ1n) is 7.00. The number of aromatic hydroxyl groups is 1. The molecule has 3 aromatic carbocycles. The Morgan fingerprint density at radius 2 is 1.86 bits per heavy atom. The number of nitrogens with one attached hydrogen (secondary N) is 1. The van der Waals surface area contributed by atoms with E-state index in [2.05, 4.69) is 5.32 Å². The molecule has 22 heavy (non-hydrogen) atoms. The molecule has 0 aliphatic heterocycles. The van der Waals surface area contributed by atoms with Crippen molar-refractivity contribution in [2.75, 3.05) is 5.32 Å². The fourth-order valence-corrected chi connectivity index (χ4v) is 2.41. The number of fused-ring (bicyclic) bond motifs is 1. The third kappa shape index (κ3) is 2.64. The largest absolute Gasteiger partial charge is 0.506 e. The smallest absolute Gasteiger partial charge is 0.259 e. The molecule has 0 aromatic heterocycles. The van der Waals surface area contributed by atoms with Crippen LogP contribution in [0.5, 0.6) is 5.75 Å². The predicted octanol–water partition coefficient (Wildman–Crippen LogP) is 3.26. The van der Waals surface area contributed by atoms with E-state index in [9.17, 15) is 9.90 Å². The third-order valence-electron chi connectivity index (χ3n) is 3.57. The van der Waals surface area contributed by atoms with Gasteiger partial charge in [-0.1, -0.05) is 42.5 Å². The topological polar surface area (TPSA) is 75.3 Å². The molecule has 0 radical (unpaired) electrons. The Morgan fingerprint density at radius 3 is 2.68 bits per heavy atom. The van der Waals surface area contributed by atoms with Crippen molar-refractivity contribution in [2.24, 2.45) is 5.73 Å². The van der Waals surface area contributed by atoms with Crippen molar-refractivity contribution in [3.63, 3.8) is 0 Å². The lowest BCUT2D eigenvalue weighted by Crippen LogP contribution is -2.12. The van der Waals surface area contributed by atoms with Gasteiger partial charge in [-0.15, -0.1) is 0 Å². The first-order valence-corrected chi connectivity index (χ1v) is 7.00. The Hall–Kier alpha value is -2.85. The summed E-state index contributed by atoms with van der Waals surface area (Å²) in [6.07, 6.45) is 0. The SMILES string of the molecule is NCc1cccc(NC(=O)c2ccc3ccccc3c2O)c1. The molecule has 0 unspecified atom stereocenters. The molecule has 0 heterocycles. The molecule has 0 saturated heterocycles. The lowest BCUT2D eigenvalue weighted by molar-refractivity contribution is 0.102. The summed E-state index contributed by atoms with van der Waals surface area (Å²) in [6.45, 7) is 0.408. The van der Waals surface area contributed by atoms with Gasteiger partial charge in [0.15, 0.2) is 0 Å². The molecule has 0 bridgehead atoms. The summed E-state index contributed by atoms with van der Waals surface area (Å²) in [5.41, 5.74) is 7.43. The van der Waals surface area contributed by atoms with Crippen LogP contribution >= 0.6 is 0 Å². The lowest BCUT2D eigenvalue weighted by Gasteiger charge is -2.10. The molecule has 4 nitrogen and oxygen atoms in total. The van der Waals surface area contributed by atoms with Crippen molar-refractivity contribution >= 4 is 22.4 Å². The predicted molar refractivity (Wildman–Crippen MR) is 87.9 cm³/mol. The zero-order valence-electron chi connectivity index (χ0n) is 11.9. The minimum absolute atomic E-state index is 0.00872. The molecular weight excluding hydrogens is 276 g/mol. The molecule has 1 amide bonds. The first kappa shape index (κ1) is 14.1. The Balaban J connectivity index is 1.93. The van der Waals surface area contributed by atoms with Crippen LogP contribution in [0, 0.1) is 0 Å². The third-order valence-corrected chi connectivity index (χ3v) is 3.57. The number of phenols is 1. The van der Waals surface area contributed by atoms with E-state index in [1.54, 1.807) is 18.2 Å². The standard InChI is InChI=1S/C18H16N2O2/c19-11-12-4-3-6-14(10-12)20-18(22)16-9-8-13-5-1-2-7-15(13)17(16)21/h1-10,21H,11,19H2,(H,20,22). The van der Waals surface area contributed by atoms with Gasteiger partial charge >= 0.3 is 0 Å². The van der Waals surface area contributed by atoms with Crippen LogP contribution < -0.4 is 11.1 Å². The molecule has 0 fully saturated rings. The highest BCUT2D eigenvalue weighted by molar-refractivity contribution is 6.09. The molecule has 0 aliphatic carbocycles. The molecule has 0 spiro atoms. The first-order chi connectivity index (χ1) is 10.7. The summed E-state index contributed by atoms with van der Waals surface area (Å²) >= 11 is 0. The van der Waals surface area contributed by atoms with Crippen molar-refractivity contribution in [1.29, 1.82) is 0 Å². The Kier molecular flexibility index (Phi) is 3.76. The fourth-order valence-electron chi connectivity index (χ4n) is 2.41. The van der Waals surface area contributed by atoms with Crippen molar-refractivity contribution in [3.05, 3.63) is 71.8 Å². The van der Waals surface area contributed by atoms with Gasteiger partial charge < -0.3 is 16.2 Å². The van der Waals surface area contributed by atoms with Crippen LogP contribution in [0.3, 0.4) is 0 Å². The lowest BCUT2D eigenvalue weighted by atomic mass is 10.0. The minimum atomic E-state index is -0.350. The summed E-state index contributed by atoms with van der Waals surface area (Å²) in [7, 11) is 0. The van der Waals surface area contributed by atoms with E-state index in [1.807, 2.05) is 42.5 Å². The second kappa shape index (κ2) is 5.87. The van der Waals surface area contributed by atoms with E-state index in [-0.39, 0.29) is 17.2 Å². The van der Waals surface area contributed by atoms with Gasteiger partial charge in [0.1, 0.15) is 5.75 Å². The maximum atomic E-state index is 12.4. The van der Waals surface area contributed by atoms with Gasteiger partial charge in [0.05, 0.1) is 5.56 Å². The number of phenolic OH excluding ortho intramolecular Hbond substituents is 1. The van der Waals surface area contributed by atoms with E-state index in [1.165, 1.54) is 0 Å². The minimum Gasteiger partial charge on any atom is -0.506 e. The average Bonchev–Trinajstić information content (AvgIpc) is 2.55. The molecule has 4 heteroatoms. The Morgan fingerprint density at radius 1 is 1.05 bits per heavy atom. The molecule has 0 atom stereocenters. The number of carbonyl (C=O) groups is 1. The number of carbonyl (C=O) groups excluding carboxylic acids is 1. The van der Waals surface area contributed by atoms with Gasteiger partial charge in [-0.3, -0.25) is 4.79 Å². The molecule has 0 aliphatic rings. The molecular formula is C18H16N2O2. The van der Waals surface area contributed by atoms with Crippen LogP contribution in [-0.4, -0.2) is 11.0 Å². The van der Waals surface area contributed by atoms with Gasteiger partial charge in [0.25, 0.3) is 5.91 Å². The number of hydrogen-bond donors (Lipinski definition) is 3. The van der Waals surface area contributed by atoms with Crippen LogP contribution in [0.25, 0.3) is 10.8 Å². The maximum absolute atomic E-state index is 12.4. The molecule has 110 valence electrons. The molecule has 0 saturated carbocycles. The van der Waals surface area contributed by atoms with E-state index in [0.29, 0.717) is 17.6 Å². The number of benzene rings is 3. The Bertz CT molecular complexity index is 843. The Labute approximate surface area is 128 Å². The van der Waals surface area contributed by atoms with E-state index in [0.717, 1.165) is 10.9 Å². The summed E-state index contributed by atoms with van der Waals surface area (Å²) in [6, 6.07) is 18.2. The van der Waals surface area contributed by atoms with Crippen molar-refractivity contribution in [3.8, 4) is 5.75 Å². The highest BCUT2D eigenvalue weighted by Gasteiger charge is 2.13. The highest BCUT2D eigenvalue weighted by Crippen LogP contribution is 2.29. The van der Waals surface area contributed by atoms with E-state index < -0.39 is 0 Å². The van der Waals surface area contributed by atoms with Crippen LogP contribution in [-0.2, 0) is 6.54 Å². The van der Waals surface area contributed by atoms with Gasteiger partial charge in [0, 0.05) is 17.6 Å². The highest BCUT2D eigenvalue weighted by atomic mass is 16.3. The normalized spacial score (nSPS) is 10.6. The van der Waals surface area contributed by atoms with Crippen molar-refractivity contribution in [1.82, 2.24) is 0 Å². The fraction of sp³-hybridized carbons (Fsp3) is 0.0556. The summed E-state index contributed by atoms with van der Waals surface area (Å²) in [4.78, 5) is 12.4. The number of anilines is 1. The van der Waals surface area contributed by atoms with Gasteiger partial charge in [-0.2, -0.15) is 0 Å². The number of nitrogens with two attached hydrogens (primary N) is 1. The number of amides is 1. The second-order valence-electron chi connectivity index (χ2n) is 5.04. The molecule has 4 N–H and O–H groups in total. The van der Waals surface area contributed by atoms with Gasteiger partial charge in [-0.25, -0.2) is 0 Å². The van der Waals surface area contributed by atoms with E-state index in [4.69, 9.17) is 5.73 Å². The van der Waals surface area contributed by atoms with Gasteiger partial charge in [-0.05, 0) is 29.1 Å². The summed E-state index contributed by atoms with van der Waals surface area (Å²) < 4.78 is 0. The zero-order chi connectivity index (χ0) is 15.5. The van der Waals surface area contributed by atoms with Crippen LogP contribution in [0.2, 0.25) is 0 Å². The van der Waals surface area contributed by atoms with Crippen molar-refractivity contribution in [2.45, 2.75) is 6.54 Å². The second-order valence-corrected chi connectivity index (χ2v) is 5.04. The molecule has 3 rings (SSSR count). The summed E-state index contributed by atoms with van der Waals surface area (Å²) in [5, 5.41) is 14.7. The van der Waals surface area contributed by atoms with E-state index >= 15 is 0 Å². The summed E-state index contributed by atoms with van der Waals surface area (Å²) in [5.74, 6) is -0.358. The molecule has 3 aromatic rings. The van der Waals surface area contributed by atoms with Crippen LogP contribution in [0.15, 0.2) is 60.7 Å². The van der Waals surface area contributed by atoms with Gasteiger partial charge in [0.2, 0.25) is 0 Å². The zero-order valence-corrected chi connectivity index (χ0v) is 11.9. The quantitative estimate of drug-likeness (QED) is 0.693. The number of hydrogen-bond acceptors (Lipinski definition) is 3. The van der Waals surface area contributed by atoms with Crippen molar-refractivity contribution < 1.29 is 9.90 Å². The van der Waals surface area contributed by atoms with Crippen LogP contribution in [0.1, 0.15) is 15.9 Å².